The zero-order chi connectivity index (χ0) is 27.4. The van der Waals surface area contributed by atoms with Gasteiger partial charge in [0.05, 0.1) is 18.2 Å². The van der Waals surface area contributed by atoms with Gasteiger partial charge in [-0.25, -0.2) is 5.06 Å². The van der Waals surface area contributed by atoms with Gasteiger partial charge in [0.2, 0.25) is 0 Å². The molecule has 200 valence electrons. The monoisotopic (exact) mass is 591 g/mol. The summed E-state index contributed by atoms with van der Waals surface area (Å²) in [5.74, 6) is -2.43. The summed E-state index contributed by atoms with van der Waals surface area (Å²) in [6.45, 7) is -0.187. The average Bonchev–Trinajstić information content (AvgIpc) is 2.87. The Morgan fingerprint density at radius 1 is 1.05 bits per heavy atom. The first-order valence-corrected chi connectivity index (χ1v) is 12.0. The predicted octanol–water partition coefficient (Wildman–Crippen LogP) is 2.54. The maximum atomic E-state index is 13.0. The van der Waals surface area contributed by atoms with E-state index in [9.17, 15) is 27.9 Å². The van der Waals surface area contributed by atoms with E-state index in [4.69, 9.17) is 32.7 Å². The number of hydroxylamine groups is 2. The van der Waals surface area contributed by atoms with Crippen LogP contribution in [-0.4, -0.2) is 36.5 Å². The SMILES string of the molecule is O=C([O-])C1CCOc2cc(Oc3ccc(C(=O)N(CCc4ccc(Cl)cc4)OC(F)(F)F)cc3)c(Cl)cc21.[Na+]. The molecular weight excluding hydrogens is 573 g/mol. The van der Waals surface area contributed by atoms with Crippen LogP contribution in [0.2, 0.25) is 10.0 Å². The van der Waals surface area contributed by atoms with E-state index < -0.39 is 24.2 Å². The van der Waals surface area contributed by atoms with Crippen LogP contribution in [0.3, 0.4) is 0 Å². The third-order valence-corrected chi connectivity index (χ3v) is 6.22. The number of hydrogen-bond acceptors (Lipinski definition) is 6. The minimum Gasteiger partial charge on any atom is -0.549 e. The van der Waals surface area contributed by atoms with Crippen molar-refractivity contribution in [2.75, 3.05) is 13.2 Å². The molecule has 0 radical (unpaired) electrons. The number of carbonyl (C=O) groups is 2. The van der Waals surface area contributed by atoms with Gasteiger partial charge in [-0.15, -0.1) is 13.2 Å². The largest absolute Gasteiger partial charge is 1.00 e. The number of fused-ring (bicyclic) bond motifs is 1. The van der Waals surface area contributed by atoms with E-state index in [1.807, 2.05) is 0 Å². The third kappa shape index (κ3) is 8.26. The molecule has 0 N–H and O–H groups in total. The number of ether oxygens (including phenoxy) is 2. The van der Waals surface area contributed by atoms with Crippen molar-refractivity contribution in [3.05, 3.63) is 87.4 Å². The van der Waals surface area contributed by atoms with Gasteiger partial charge in [0.1, 0.15) is 17.2 Å². The van der Waals surface area contributed by atoms with Crippen LogP contribution in [0.4, 0.5) is 13.2 Å². The Morgan fingerprint density at radius 2 is 1.72 bits per heavy atom. The van der Waals surface area contributed by atoms with Crippen LogP contribution < -0.4 is 44.1 Å². The Hall–Kier alpha value is -2.47. The van der Waals surface area contributed by atoms with Gasteiger partial charge in [-0.05, 0) is 60.9 Å². The van der Waals surface area contributed by atoms with Gasteiger partial charge in [-0.3, -0.25) is 4.79 Å². The molecule has 0 aliphatic carbocycles. The summed E-state index contributed by atoms with van der Waals surface area (Å²) in [5, 5.41) is 12.2. The molecule has 3 aromatic rings. The van der Waals surface area contributed by atoms with Gasteiger partial charge in [0.25, 0.3) is 5.91 Å². The minimum atomic E-state index is -5.07. The molecule has 0 saturated heterocycles. The van der Waals surface area contributed by atoms with Crippen LogP contribution in [0.25, 0.3) is 0 Å². The smallest absolute Gasteiger partial charge is 0.549 e. The first-order valence-electron chi connectivity index (χ1n) is 11.3. The molecule has 1 heterocycles. The molecule has 0 bridgehead atoms. The molecular formula is C26H19Cl2F3NNaO6. The molecule has 0 saturated carbocycles. The van der Waals surface area contributed by atoms with E-state index in [2.05, 4.69) is 4.84 Å². The van der Waals surface area contributed by atoms with Gasteiger partial charge < -0.3 is 19.4 Å². The van der Waals surface area contributed by atoms with E-state index in [-0.39, 0.29) is 88.4 Å². The van der Waals surface area contributed by atoms with Gasteiger partial charge in [-0.1, -0.05) is 35.3 Å². The number of amides is 1. The molecule has 0 aromatic heterocycles. The van der Waals surface area contributed by atoms with Crippen molar-refractivity contribution in [1.29, 1.82) is 0 Å². The maximum absolute atomic E-state index is 13.0. The molecule has 0 spiro atoms. The van der Waals surface area contributed by atoms with E-state index >= 15 is 0 Å². The normalized spacial score (nSPS) is 14.4. The molecule has 1 aliphatic heterocycles. The van der Waals surface area contributed by atoms with Gasteiger partial charge in [0, 0.05) is 34.1 Å². The Morgan fingerprint density at radius 3 is 2.33 bits per heavy atom. The Bertz CT molecular complexity index is 1320. The molecule has 39 heavy (non-hydrogen) atoms. The summed E-state index contributed by atoms with van der Waals surface area (Å²) in [6, 6.07) is 14.6. The average molecular weight is 592 g/mol. The topological polar surface area (TPSA) is 88.1 Å². The fourth-order valence-electron chi connectivity index (χ4n) is 3.84. The van der Waals surface area contributed by atoms with E-state index in [0.29, 0.717) is 16.1 Å². The molecule has 0 fully saturated rings. The molecule has 1 aliphatic rings. The number of nitrogens with zero attached hydrogens (tertiary/aromatic N) is 1. The Balaban J connectivity index is 0.00000420. The maximum Gasteiger partial charge on any atom is 1.00 e. The number of alkyl halides is 3. The number of carboxylic acids is 1. The predicted molar refractivity (Wildman–Crippen MR) is 129 cm³/mol. The van der Waals surface area contributed by atoms with Crippen LogP contribution in [0.15, 0.2) is 60.7 Å². The number of rotatable bonds is 8. The number of hydrogen-bond donors (Lipinski definition) is 0. The summed E-state index contributed by atoms with van der Waals surface area (Å²) >= 11 is 12.1. The zero-order valence-electron chi connectivity index (χ0n) is 20.5. The van der Waals surface area contributed by atoms with Crippen molar-refractivity contribution >= 4 is 35.1 Å². The van der Waals surface area contributed by atoms with Crippen LogP contribution in [0.1, 0.15) is 33.8 Å². The molecule has 1 amide bonds. The van der Waals surface area contributed by atoms with Crippen molar-refractivity contribution in [3.8, 4) is 17.2 Å². The van der Waals surface area contributed by atoms with Crippen molar-refractivity contribution < 1.29 is 71.7 Å². The van der Waals surface area contributed by atoms with Crippen LogP contribution in [-0.2, 0) is 16.1 Å². The second-order valence-electron chi connectivity index (χ2n) is 8.28. The fraction of sp³-hybridized carbons (Fsp3) is 0.231. The second-order valence-corrected chi connectivity index (χ2v) is 9.12. The molecule has 4 rings (SSSR count). The van der Waals surface area contributed by atoms with Crippen molar-refractivity contribution in [3.63, 3.8) is 0 Å². The van der Waals surface area contributed by atoms with Gasteiger partial charge in [-0.2, -0.15) is 4.84 Å². The van der Waals surface area contributed by atoms with Crippen LogP contribution in [0.5, 0.6) is 17.2 Å². The van der Waals surface area contributed by atoms with E-state index in [0.717, 1.165) is 0 Å². The first kappa shape index (κ1) is 31.1. The van der Waals surface area contributed by atoms with E-state index in [1.54, 1.807) is 24.3 Å². The molecule has 13 heteroatoms. The standard InChI is InChI=1S/C26H20Cl2F3NO6.Na/c27-17-5-1-15(2-6-17)9-11-32(38-26(29,30)31)24(33)16-3-7-18(8-4-16)37-23-14-22-20(13-21(23)28)19(25(34)35)10-12-36-22;/h1-8,13-14,19H,9-12H2,(H,34,35);/q;+1/p-1. The summed E-state index contributed by atoms with van der Waals surface area (Å²) in [7, 11) is 0. The zero-order valence-corrected chi connectivity index (χ0v) is 24.0. The Kier molecular flexibility index (Phi) is 10.6. The first-order chi connectivity index (χ1) is 18.0. The number of carbonyl (C=O) groups excluding carboxylic acids is 2. The molecule has 1 unspecified atom stereocenters. The molecule has 1 atom stereocenters. The van der Waals surface area contributed by atoms with Crippen molar-refractivity contribution in [2.45, 2.75) is 25.1 Å². The number of carboxylic acid groups (broad SMARTS) is 1. The van der Waals surface area contributed by atoms with Crippen molar-refractivity contribution in [1.82, 2.24) is 5.06 Å². The summed E-state index contributed by atoms with van der Waals surface area (Å²) in [5.41, 5.74) is 0.964. The number of benzene rings is 3. The van der Waals surface area contributed by atoms with Crippen molar-refractivity contribution in [2.24, 2.45) is 0 Å². The van der Waals surface area contributed by atoms with Gasteiger partial charge >= 0.3 is 35.9 Å². The van der Waals surface area contributed by atoms with Crippen LogP contribution in [0, 0.1) is 0 Å². The molecule has 3 aromatic carbocycles. The summed E-state index contributed by atoms with van der Waals surface area (Å²) in [6.07, 6.45) is -4.73. The van der Waals surface area contributed by atoms with E-state index in [1.165, 1.54) is 36.4 Å². The molecule has 7 nitrogen and oxygen atoms in total. The minimum absolute atomic E-state index is 0. The number of halogens is 5. The fourth-order valence-corrected chi connectivity index (χ4v) is 4.18. The van der Waals surface area contributed by atoms with Gasteiger partial charge in [0.15, 0.2) is 0 Å². The Labute approximate surface area is 253 Å². The summed E-state index contributed by atoms with van der Waals surface area (Å²) < 4.78 is 50.2. The third-order valence-electron chi connectivity index (χ3n) is 5.67. The summed E-state index contributed by atoms with van der Waals surface area (Å²) in [4.78, 5) is 28.2. The second kappa shape index (κ2) is 13.3. The van der Waals surface area contributed by atoms with Crippen LogP contribution >= 0.6 is 23.2 Å². The number of aliphatic carboxylic acids is 1. The quantitative estimate of drug-likeness (QED) is 0.295.